The normalized spacial score (nSPS) is 12.1. The van der Waals surface area contributed by atoms with Gasteiger partial charge in [0.1, 0.15) is 11.8 Å². The molecular weight excluding hydrogens is 260 g/mol. The van der Waals surface area contributed by atoms with Crippen molar-refractivity contribution in [2.75, 3.05) is 19.7 Å². The Hall–Kier alpha value is -1.53. The third-order valence-corrected chi connectivity index (χ3v) is 3.87. The molecule has 0 aromatic heterocycles. The van der Waals surface area contributed by atoms with Crippen LogP contribution in [0.5, 0.6) is 5.75 Å². The average molecular weight is 288 g/mol. The van der Waals surface area contributed by atoms with Gasteiger partial charge in [-0.15, -0.1) is 0 Å². The van der Waals surface area contributed by atoms with Gasteiger partial charge in [-0.25, -0.2) is 0 Å². The number of rotatable bonds is 10. The zero-order valence-corrected chi connectivity index (χ0v) is 13.6. The molecule has 0 aliphatic carbocycles. The van der Waals surface area contributed by atoms with Gasteiger partial charge in [-0.3, -0.25) is 0 Å². The Morgan fingerprint density at radius 2 is 1.90 bits per heavy atom. The Labute approximate surface area is 129 Å². The highest BCUT2D eigenvalue weighted by Gasteiger charge is 2.11. The minimum atomic E-state index is 0.613. The van der Waals surface area contributed by atoms with Crippen LogP contribution in [-0.4, -0.2) is 30.6 Å². The Morgan fingerprint density at radius 3 is 2.57 bits per heavy atom. The van der Waals surface area contributed by atoms with E-state index in [2.05, 4.69) is 31.7 Å². The Balaban J connectivity index is 2.38. The molecule has 0 spiro atoms. The number of para-hydroxylation sites is 1. The molecule has 3 heteroatoms. The Morgan fingerprint density at radius 1 is 1.19 bits per heavy atom. The number of unbranched alkanes of at least 4 members (excludes halogenated alkanes) is 1. The predicted octanol–water partition coefficient (Wildman–Crippen LogP) is 4.23. The summed E-state index contributed by atoms with van der Waals surface area (Å²) in [5, 5.41) is 9.03. The van der Waals surface area contributed by atoms with Crippen molar-refractivity contribution in [3.8, 4) is 11.8 Å². The largest absolute Gasteiger partial charge is 0.492 e. The van der Waals surface area contributed by atoms with Crippen molar-refractivity contribution in [3.63, 3.8) is 0 Å². The summed E-state index contributed by atoms with van der Waals surface area (Å²) in [5.74, 6) is 0.698. The summed E-state index contributed by atoms with van der Waals surface area (Å²) in [4.78, 5) is 2.54. The minimum absolute atomic E-state index is 0.613. The molecule has 1 aromatic carbocycles. The molecule has 116 valence electrons. The van der Waals surface area contributed by atoms with E-state index in [9.17, 15) is 0 Å². The van der Waals surface area contributed by atoms with E-state index in [0.717, 1.165) is 13.0 Å². The number of benzene rings is 1. The van der Waals surface area contributed by atoms with Crippen LogP contribution in [-0.2, 0) is 0 Å². The lowest BCUT2D eigenvalue weighted by Gasteiger charge is -2.28. The third-order valence-electron chi connectivity index (χ3n) is 3.87. The SMILES string of the molecule is CCCCN(CCCOc1ccccc1C#N)C(C)CC. The van der Waals surface area contributed by atoms with Gasteiger partial charge in [0.2, 0.25) is 0 Å². The molecule has 1 unspecified atom stereocenters. The van der Waals surface area contributed by atoms with Crippen LogP contribution < -0.4 is 4.74 Å². The zero-order valence-electron chi connectivity index (χ0n) is 13.6. The van der Waals surface area contributed by atoms with E-state index in [1.807, 2.05) is 18.2 Å². The van der Waals surface area contributed by atoms with Crippen LogP contribution in [0.1, 0.15) is 52.0 Å². The van der Waals surface area contributed by atoms with Crippen LogP contribution in [0, 0.1) is 11.3 Å². The van der Waals surface area contributed by atoms with Crippen molar-refractivity contribution >= 4 is 0 Å². The molecule has 0 aliphatic rings. The van der Waals surface area contributed by atoms with Gasteiger partial charge in [-0.2, -0.15) is 5.26 Å². The topological polar surface area (TPSA) is 36.3 Å². The molecule has 1 aromatic rings. The van der Waals surface area contributed by atoms with Crippen molar-refractivity contribution in [1.82, 2.24) is 4.90 Å². The zero-order chi connectivity index (χ0) is 15.5. The molecule has 1 rings (SSSR count). The number of ether oxygens (including phenoxy) is 1. The lowest BCUT2D eigenvalue weighted by molar-refractivity contribution is 0.182. The molecule has 0 saturated heterocycles. The van der Waals surface area contributed by atoms with Gasteiger partial charge < -0.3 is 9.64 Å². The number of hydrogen-bond donors (Lipinski definition) is 0. The summed E-state index contributed by atoms with van der Waals surface area (Å²) < 4.78 is 5.75. The fourth-order valence-electron chi connectivity index (χ4n) is 2.31. The van der Waals surface area contributed by atoms with Gasteiger partial charge >= 0.3 is 0 Å². The van der Waals surface area contributed by atoms with Gasteiger partial charge in [0, 0.05) is 12.6 Å². The summed E-state index contributed by atoms with van der Waals surface area (Å²) in [6.45, 7) is 9.66. The van der Waals surface area contributed by atoms with Gasteiger partial charge in [0.15, 0.2) is 0 Å². The van der Waals surface area contributed by atoms with Crippen LogP contribution in [0.15, 0.2) is 24.3 Å². The van der Waals surface area contributed by atoms with Crippen molar-refractivity contribution in [2.24, 2.45) is 0 Å². The first-order chi connectivity index (χ1) is 10.2. The fourth-order valence-corrected chi connectivity index (χ4v) is 2.31. The van der Waals surface area contributed by atoms with Crippen LogP contribution in [0.25, 0.3) is 0 Å². The standard InChI is InChI=1S/C18H28N2O/c1-4-6-12-20(16(3)5-2)13-9-14-21-18-11-8-7-10-17(18)15-19/h7-8,10-11,16H,4-6,9,12-14H2,1-3H3. The maximum absolute atomic E-state index is 9.03. The second-order valence-electron chi connectivity index (χ2n) is 5.46. The van der Waals surface area contributed by atoms with E-state index in [0.29, 0.717) is 24.0 Å². The smallest absolute Gasteiger partial charge is 0.137 e. The fraction of sp³-hybridized carbons (Fsp3) is 0.611. The van der Waals surface area contributed by atoms with E-state index in [4.69, 9.17) is 10.00 Å². The third kappa shape index (κ3) is 6.18. The van der Waals surface area contributed by atoms with Crippen molar-refractivity contribution < 1.29 is 4.74 Å². The molecule has 0 N–H and O–H groups in total. The first-order valence-electron chi connectivity index (χ1n) is 8.08. The molecule has 3 nitrogen and oxygen atoms in total. The lowest BCUT2D eigenvalue weighted by atomic mass is 10.2. The molecule has 0 aliphatic heterocycles. The van der Waals surface area contributed by atoms with Gasteiger partial charge in [-0.1, -0.05) is 32.4 Å². The summed E-state index contributed by atoms with van der Waals surface area (Å²) in [5.41, 5.74) is 0.613. The summed E-state index contributed by atoms with van der Waals surface area (Å²) >= 11 is 0. The number of nitrogens with zero attached hydrogens (tertiary/aromatic N) is 2. The van der Waals surface area contributed by atoms with Crippen molar-refractivity contribution in [3.05, 3.63) is 29.8 Å². The summed E-state index contributed by atoms with van der Waals surface area (Å²) in [7, 11) is 0. The van der Waals surface area contributed by atoms with E-state index in [-0.39, 0.29) is 0 Å². The lowest BCUT2D eigenvalue weighted by Crippen LogP contribution is -2.35. The van der Waals surface area contributed by atoms with E-state index >= 15 is 0 Å². The van der Waals surface area contributed by atoms with Crippen LogP contribution >= 0.6 is 0 Å². The molecule has 0 bridgehead atoms. The maximum Gasteiger partial charge on any atom is 0.137 e. The molecule has 0 fully saturated rings. The van der Waals surface area contributed by atoms with Gasteiger partial charge in [0.25, 0.3) is 0 Å². The maximum atomic E-state index is 9.03. The van der Waals surface area contributed by atoms with Crippen molar-refractivity contribution in [2.45, 2.75) is 52.5 Å². The van der Waals surface area contributed by atoms with E-state index < -0.39 is 0 Å². The highest BCUT2D eigenvalue weighted by atomic mass is 16.5. The van der Waals surface area contributed by atoms with Crippen LogP contribution in [0.4, 0.5) is 0 Å². The van der Waals surface area contributed by atoms with E-state index in [1.54, 1.807) is 6.07 Å². The summed E-state index contributed by atoms with van der Waals surface area (Å²) in [6, 6.07) is 10.2. The highest BCUT2D eigenvalue weighted by molar-refractivity contribution is 5.42. The minimum Gasteiger partial charge on any atom is -0.492 e. The first-order valence-corrected chi connectivity index (χ1v) is 8.08. The second-order valence-corrected chi connectivity index (χ2v) is 5.46. The molecule has 0 saturated carbocycles. The molecule has 21 heavy (non-hydrogen) atoms. The molecular formula is C18H28N2O. The second kappa shape index (κ2) is 10.2. The van der Waals surface area contributed by atoms with E-state index in [1.165, 1.54) is 25.8 Å². The molecule has 0 heterocycles. The molecule has 0 radical (unpaired) electrons. The highest BCUT2D eigenvalue weighted by Crippen LogP contribution is 2.16. The Kier molecular flexibility index (Phi) is 8.54. The monoisotopic (exact) mass is 288 g/mol. The quantitative estimate of drug-likeness (QED) is 0.605. The average Bonchev–Trinajstić information content (AvgIpc) is 2.53. The number of nitriles is 1. The predicted molar refractivity (Wildman–Crippen MR) is 87.5 cm³/mol. The van der Waals surface area contributed by atoms with Crippen LogP contribution in [0.2, 0.25) is 0 Å². The summed E-state index contributed by atoms with van der Waals surface area (Å²) in [6.07, 6.45) is 4.66. The van der Waals surface area contributed by atoms with Gasteiger partial charge in [-0.05, 0) is 44.9 Å². The van der Waals surface area contributed by atoms with Crippen molar-refractivity contribution in [1.29, 1.82) is 5.26 Å². The van der Waals surface area contributed by atoms with Crippen LogP contribution in [0.3, 0.4) is 0 Å². The number of hydrogen-bond acceptors (Lipinski definition) is 3. The molecule has 1 atom stereocenters. The van der Waals surface area contributed by atoms with Gasteiger partial charge in [0.05, 0.1) is 12.2 Å². The Bertz CT molecular complexity index is 439. The first kappa shape index (κ1) is 17.5. The molecule has 0 amide bonds.